The summed E-state index contributed by atoms with van der Waals surface area (Å²) < 4.78 is 69.4. The number of hydrogen-bond donors (Lipinski definition) is 0. The Morgan fingerprint density at radius 3 is 0.531 bits per heavy atom. The molecule has 0 aromatic heterocycles. The maximum absolute atomic E-state index is 13.6. The number of ether oxygens (including phenoxy) is 12. The van der Waals surface area contributed by atoms with Gasteiger partial charge in [0.1, 0.15) is 46.0 Å². The summed E-state index contributed by atoms with van der Waals surface area (Å²) in [5.41, 5.74) is 3.93. The average molecular weight is 889 g/mol. The van der Waals surface area contributed by atoms with Crippen LogP contribution in [0.3, 0.4) is 0 Å². The predicted molar refractivity (Wildman–Crippen MR) is 232 cm³/mol. The molecule has 4 aromatic rings. The summed E-state index contributed by atoms with van der Waals surface area (Å²) >= 11 is 0. The standard InChI is InChI=1S/C48H56O16/c1-53-37-21-38(54-2)30-13-29(37)25(17-45(49)61-9)31-14-32(40(56-4)22-39(31)55-3)27(19-47(51)63-11)35-16-36(44(60-8)24-43(35)59-7)28(20-48(52)64-12)34-15-33(26(30)18-46(50)62-10)41(57-5)23-42(34)58-6/h13-16,21-28H,17-20H2,1-12H3. The summed E-state index contributed by atoms with van der Waals surface area (Å²) in [6.45, 7) is 0. The first-order chi connectivity index (χ1) is 30.8. The third kappa shape index (κ3) is 9.70. The van der Waals surface area contributed by atoms with Crippen molar-refractivity contribution in [1.29, 1.82) is 0 Å². The van der Waals surface area contributed by atoms with Crippen LogP contribution in [0.25, 0.3) is 0 Å². The fourth-order valence-electron chi connectivity index (χ4n) is 8.52. The fraction of sp³-hybridized carbons (Fsp3) is 0.417. The van der Waals surface area contributed by atoms with Crippen LogP contribution in [0.5, 0.6) is 46.0 Å². The molecule has 0 radical (unpaired) electrons. The van der Waals surface area contributed by atoms with E-state index in [0.29, 0.717) is 90.5 Å². The number of fused-ring (bicyclic) bond motifs is 8. The van der Waals surface area contributed by atoms with Crippen LogP contribution in [0.1, 0.15) is 93.9 Å². The third-order valence-electron chi connectivity index (χ3n) is 11.7. The molecular weight excluding hydrogens is 833 g/mol. The molecule has 0 N–H and O–H groups in total. The van der Waals surface area contributed by atoms with Gasteiger partial charge in [-0.2, -0.15) is 0 Å². The Hall–Kier alpha value is -6.84. The summed E-state index contributed by atoms with van der Waals surface area (Å²) in [5, 5.41) is 0. The monoisotopic (exact) mass is 888 g/mol. The van der Waals surface area contributed by atoms with Crippen LogP contribution in [0, 0.1) is 0 Å². The number of esters is 4. The van der Waals surface area contributed by atoms with Crippen LogP contribution in [0.2, 0.25) is 0 Å². The van der Waals surface area contributed by atoms with Crippen LogP contribution in [-0.2, 0) is 38.1 Å². The second-order valence-electron chi connectivity index (χ2n) is 14.7. The van der Waals surface area contributed by atoms with E-state index in [0.717, 1.165) is 0 Å². The van der Waals surface area contributed by atoms with Crippen molar-refractivity contribution < 1.29 is 76.0 Å². The van der Waals surface area contributed by atoms with Gasteiger partial charge in [0.25, 0.3) is 0 Å². The zero-order valence-electron chi connectivity index (χ0n) is 38.3. The summed E-state index contributed by atoms with van der Waals surface area (Å²) in [7, 11) is 17.1. The molecule has 0 amide bonds. The molecule has 0 fully saturated rings. The molecule has 0 heterocycles. The molecule has 64 heavy (non-hydrogen) atoms. The maximum Gasteiger partial charge on any atom is 0.306 e. The number of carbonyl (C=O) groups is 4. The third-order valence-corrected chi connectivity index (χ3v) is 11.7. The Kier molecular flexibility index (Phi) is 16.2. The van der Waals surface area contributed by atoms with Gasteiger partial charge in [-0.15, -0.1) is 0 Å². The van der Waals surface area contributed by atoms with E-state index >= 15 is 0 Å². The minimum atomic E-state index is -0.858. The summed E-state index contributed by atoms with van der Waals surface area (Å²) in [4.78, 5) is 54.2. The summed E-state index contributed by atoms with van der Waals surface area (Å²) in [6, 6.07) is 13.9. The topological polar surface area (TPSA) is 179 Å². The summed E-state index contributed by atoms with van der Waals surface area (Å²) in [6.07, 6.45) is -0.868. The Morgan fingerprint density at radius 2 is 0.422 bits per heavy atom. The smallest absolute Gasteiger partial charge is 0.306 e. The SMILES string of the molecule is COC(=O)CC1c2cc(c(OC)cc2OC)C(CC(=O)OC)c2cc(c(OC)cc2OC)C(CC(=O)OC)c2cc(c(OC)cc2OC)C(CC(=O)OC)c2cc1c(OC)cc2OC. The molecule has 0 saturated heterocycles. The van der Waals surface area contributed by atoms with Crippen LogP contribution < -0.4 is 37.9 Å². The van der Waals surface area contributed by atoms with Crippen LogP contribution in [-0.4, -0.2) is 109 Å². The Balaban J connectivity index is 2.15. The van der Waals surface area contributed by atoms with Crippen molar-refractivity contribution in [3.05, 3.63) is 93.0 Å². The van der Waals surface area contributed by atoms with Crippen molar-refractivity contribution in [2.24, 2.45) is 0 Å². The molecule has 1 aliphatic rings. The van der Waals surface area contributed by atoms with Crippen molar-refractivity contribution in [1.82, 2.24) is 0 Å². The second-order valence-corrected chi connectivity index (χ2v) is 14.7. The number of hydrogen-bond acceptors (Lipinski definition) is 16. The molecule has 1 aliphatic carbocycles. The molecule has 344 valence electrons. The van der Waals surface area contributed by atoms with Crippen molar-refractivity contribution in [2.45, 2.75) is 49.4 Å². The Morgan fingerprint density at radius 1 is 0.281 bits per heavy atom. The lowest BCUT2D eigenvalue weighted by Gasteiger charge is -2.30. The largest absolute Gasteiger partial charge is 0.496 e. The molecule has 0 atom stereocenters. The van der Waals surface area contributed by atoms with Gasteiger partial charge < -0.3 is 56.8 Å². The molecule has 0 unspecified atom stereocenters. The molecule has 4 aromatic carbocycles. The normalized spacial score (nSPS) is 16.3. The van der Waals surface area contributed by atoms with Gasteiger partial charge in [0, 0.05) is 92.4 Å². The van der Waals surface area contributed by atoms with Gasteiger partial charge in [0.15, 0.2) is 0 Å². The van der Waals surface area contributed by atoms with Crippen LogP contribution >= 0.6 is 0 Å². The number of methoxy groups -OCH3 is 12. The minimum absolute atomic E-state index is 0.217. The molecular formula is C48H56O16. The van der Waals surface area contributed by atoms with Crippen LogP contribution in [0.15, 0.2) is 48.5 Å². The first-order valence-corrected chi connectivity index (χ1v) is 20.1. The van der Waals surface area contributed by atoms with E-state index in [4.69, 9.17) is 56.8 Å². The van der Waals surface area contributed by atoms with E-state index in [-0.39, 0.29) is 25.7 Å². The Labute approximate surface area is 372 Å². The van der Waals surface area contributed by atoms with Gasteiger partial charge >= 0.3 is 23.9 Å². The number of carbonyl (C=O) groups excluding carboxylic acids is 4. The fourth-order valence-corrected chi connectivity index (χ4v) is 8.52. The number of rotatable bonds is 16. The highest BCUT2D eigenvalue weighted by molar-refractivity contribution is 5.77. The predicted octanol–water partition coefficient (Wildman–Crippen LogP) is 6.85. The lowest BCUT2D eigenvalue weighted by atomic mass is 9.77. The van der Waals surface area contributed by atoms with Gasteiger partial charge in [0.05, 0.1) is 111 Å². The van der Waals surface area contributed by atoms with E-state index in [1.165, 1.54) is 85.3 Å². The van der Waals surface area contributed by atoms with E-state index < -0.39 is 47.5 Å². The lowest BCUT2D eigenvalue weighted by Crippen LogP contribution is -2.19. The first kappa shape index (κ1) is 48.2. The molecule has 16 heteroatoms. The molecule has 0 aliphatic heterocycles. The van der Waals surface area contributed by atoms with E-state index in [1.807, 2.05) is 24.3 Å². The van der Waals surface area contributed by atoms with Gasteiger partial charge in [0.2, 0.25) is 0 Å². The minimum Gasteiger partial charge on any atom is -0.496 e. The van der Waals surface area contributed by atoms with E-state index in [9.17, 15) is 19.2 Å². The first-order valence-electron chi connectivity index (χ1n) is 20.1. The molecule has 5 rings (SSSR count). The van der Waals surface area contributed by atoms with Crippen LogP contribution in [0.4, 0.5) is 0 Å². The van der Waals surface area contributed by atoms with Crippen molar-refractivity contribution in [3.63, 3.8) is 0 Å². The maximum atomic E-state index is 13.6. The second kappa shape index (κ2) is 21.5. The van der Waals surface area contributed by atoms with E-state index in [1.54, 1.807) is 24.3 Å². The summed E-state index contributed by atoms with van der Waals surface area (Å²) in [5.74, 6) is -3.01. The number of benzene rings is 4. The van der Waals surface area contributed by atoms with Gasteiger partial charge in [-0.25, -0.2) is 0 Å². The van der Waals surface area contributed by atoms with Crippen molar-refractivity contribution in [3.8, 4) is 46.0 Å². The highest BCUT2D eigenvalue weighted by atomic mass is 16.5. The van der Waals surface area contributed by atoms with Gasteiger partial charge in [-0.3, -0.25) is 19.2 Å². The highest BCUT2D eigenvalue weighted by Gasteiger charge is 2.37. The Bertz CT molecular complexity index is 1920. The van der Waals surface area contributed by atoms with E-state index in [2.05, 4.69) is 0 Å². The van der Waals surface area contributed by atoms with Gasteiger partial charge in [-0.05, 0) is 24.3 Å². The molecule has 0 spiro atoms. The van der Waals surface area contributed by atoms with Crippen molar-refractivity contribution in [2.75, 3.05) is 85.3 Å². The molecule has 16 nitrogen and oxygen atoms in total. The molecule has 0 saturated carbocycles. The lowest BCUT2D eigenvalue weighted by molar-refractivity contribution is -0.141. The average Bonchev–Trinajstić information content (AvgIpc) is 3.33. The molecule has 8 bridgehead atoms. The zero-order valence-corrected chi connectivity index (χ0v) is 38.3. The zero-order chi connectivity index (χ0) is 46.8. The van der Waals surface area contributed by atoms with Gasteiger partial charge in [-0.1, -0.05) is 0 Å². The quantitative estimate of drug-likeness (QED) is 0.0842. The van der Waals surface area contributed by atoms with Crippen molar-refractivity contribution >= 4 is 23.9 Å². The highest BCUT2D eigenvalue weighted by Crippen LogP contribution is 2.53.